The molecule has 1 aromatic carbocycles. The van der Waals surface area contributed by atoms with Crippen LogP contribution < -0.4 is 5.56 Å². The molecule has 3 aromatic rings. The lowest BCUT2D eigenvalue weighted by atomic mass is 10.3. The van der Waals surface area contributed by atoms with Crippen LogP contribution in [-0.4, -0.2) is 9.55 Å². The lowest BCUT2D eigenvalue weighted by molar-refractivity contribution is 0.615. The van der Waals surface area contributed by atoms with Crippen molar-refractivity contribution < 1.29 is 4.39 Å². The molecule has 3 rings (SSSR count). The van der Waals surface area contributed by atoms with Crippen molar-refractivity contribution in [3.8, 4) is 5.69 Å². The standard InChI is InChI=1S/C12H6ClFN2OS2/c13-6-2-1-3-7(14)9(6)16-11(17)10-8(4-5-19-10)15-12(16)18/h1-5H,(H,15,18). The van der Waals surface area contributed by atoms with Gasteiger partial charge in [-0.05, 0) is 35.8 Å². The maximum Gasteiger partial charge on any atom is 0.276 e. The Hall–Kier alpha value is -1.50. The van der Waals surface area contributed by atoms with Crippen molar-refractivity contribution in [1.29, 1.82) is 0 Å². The molecule has 0 amide bonds. The maximum atomic E-state index is 13.9. The van der Waals surface area contributed by atoms with Crippen LogP contribution in [0.25, 0.3) is 15.9 Å². The van der Waals surface area contributed by atoms with E-state index >= 15 is 0 Å². The van der Waals surface area contributed by atoms with Crippen LogP contribution in [0.1, 0.15) is 0 Å². The summed E-state index contributed by atoms with van der Waals surface area (Å²) in [5.74, 6) is -0.593. The summed E-state index contributed by atoms with van der Waals surface area (Å²) in [6.45, 7) is 0. The van der Waals surface area contributed by atoms with Crippen molar-refractivity contribution in [2.24, 2.45) is 0 Å². The lowest BCUT2D eigenvalue weighted by Crippen LogP contribution is -2.20. The maximum absolute atomic E-state index is 13.9. The number of rotatable bonds is 1. The van der Waals surface area contributed by atoms with E-state index in [1.165, 1.54) is 29.5 Å². The summed E-state index contributed by atoms with van der Waals surface area (Å²) in [7, 11) is 0. The number of para-hydroxylation sites is 1. The molecule has 0 bridgehead atoms. The van der Waals surface area contributed by atoms with Crippen molar-refractivity contribution in [1.82, 2.24) is 9.55 Å². The Balaban J connectivity index is 2.50. The first-order chi connectivity index (χ1) is 9.09. The number of H-pyrrole nitrogens is 1. The largest absolute Gasteiger partial charge is 0.331 e. The third kappa shape index (κ3) is 1.92. The van der Waals surface area contributed by atoms with Crippen molar-refractivity contribution in [2.75, 3.05) is 0 Å². The van der Waals surface area contributed by atoms with E-state index in [-0.39, 0.29) is 21.0 Å². The molecule has 0 atom stereocenters. The first kappa shape index (κ1) is 12.5. The molecule has 0 unspecified atom stereocenters. The Morgan fingerprint density at radius 3 is 2.89 bits per heavy atom. The van der Waals surface area contributed by atoms with Gasteiger partial charge in [0.1, 0.15) is 16.2 Å². The molecule has 0 radical (unpaired) electrons. The van der Waals surface area contributed by atoms with Gasteiger partial charge in [0.05, 0.1) is 10.5 Å². The van der Waals surface area contributed by atoms with Gasteiger partial charge >= 0.3 is 0 Å². The van der Waals surface area contributed by atoms with Crippen molar-refractivity contribution in [2.45, 2.75) is 0 Å². The number of aromatic amines is 1. The van der Waals surface area contributed by atoms with Crippen LogP contribution >= 0.6 is 35.2 Å². The number of halogens is 2. The van der Waals surface area contributed by atoms with Gasteiger partial charge in [-0.25, -0.2) is 8.96 Å². The third-order valence-corrected chi connectivity index (χ3v) is 4.16. The molecule has 0 saturated heterocycles. The first-order valence-corrected chi connectivity index (χ1v) is 6.93. The Kier molecular flexibility index (Phi) is 3.00. The highest BCUT2D eigenvalue weighted by atomic mass is 35.5. The number of nitrogens with one attached hydrogen (secondary N) is 1. The van der Waals surface area contributed by atoms with E-state index < -0.39 is 5.82 Å². The normalized spacial score (nSPS) is 11.1. The van der Waals surface area contributed by atoms with Crippen molar-refractivity contribution in [3.05, 3.63) is 55.6 Å². The Bertz CT molecular complexity index is 876. The zero-order valence-electron chi connectivity index (χ0n) is 9.31. The fourth-order valence-electron chi connectivity index (χ4n) is 1.84. The lowest BCUT2D eigenvalue weighted by Gasteiger charge is -2.09. The molecule has 0 aliphatic carbocycles. The monoisotopic (exact) mass is 312 g/mol. The molecule has 1 N–H and O–H groups in total. The molecule has 0 fully saturated rings. The third-order valence-electron chi connectivity index (χ3n) is 2.67. The molecule has 2 aromatic heterocycles. The SMILES string of the molecule is O=c1c2sccc2[nH]c(=S)n1-c1c(F)cccc1Cl. The number of nitrogens with zero attached hydrogens (tertiary/aromatic N) is 1. The highest BCUT2D eigenvalue weighted by Gasteiger charge is 2.15. The second-order valence-electron chi connectivity index (χ2n) is 3.80. The summed E-state index contributed by atoms with van der Waals surface area (Å²) in [4.78, 5) is 15.3. The average molecular weight is 313 g/mol. The minimum atomic E-state index is -0.593. The number of thiophene rings is 1. The van der Waals surface area contributed by atoms with E-state index in [0.717, 1.165) is 4.57 Å². The van der Waals surface area contributed by atoms with Gasteiger partial charge in [-0.3, -0.25) is 4.79 Å². The predicted octanol–water partition coefficient (Wildman–Crippen LogP) is 3.90. The van der Waals surface area contributed by atoms with Gasteiger partial charge in [-0.2, -0.15) is 0 Å². The van der Waals surface area contributed by atoms with Crippen LogP contribution in [0.4, 0.5) is 4.39 Å². The van der Waals surface area contributed by atoms with Crippen LogP contribution in [0.15, 0.2) is 34.4 Å². The summed E-state index contributed by atoms with van der Waals surface area (Å²) in [5.41, 5.74) is 0.246. The van der Waals surface area contributed by atoms with Crippen molar-refractivity contribution >= 4 is 45.4 Å². The highest BCUT2D eigenvalue weighted by Crippen LogP contribution is 2.23. The average Bonchev–Trinajstić information content (AvgIpc) is 2.81. The zero-order valence-corrected chi connectivity index (χ0v) is 11.7. The topological polar surface area (TPSA) is 37.8 Å². The quantitative estimate of drug-likeness (QED) is 0.692. The summed E-state index contributed by atoms with van der Waals surface area (Å²) in [6.07, 6.45) is 0. The first-order valence-electron chi connectivity index (χ1n) is 5.26. The Morgan fingerprint density at radius 1 is 1.37 bits per heavy atom. The minimum Gasteiger partial charge on any atom is -0.331 e. The number of fused-ring (bicyclic) bond motifs is 1. The molecule has 0 saturated carbocycles. The highest BCUT2D eigenvalue weighted by molar-refractivity contribution is 7.71. The van der Waals surface area contributed by atoms with Crippen LogP contribution in [0.3, 0.4) is 0 Å². The van der Waals surface area contributed by atoms with Crippen LogP contribution in [0.5, 0.6) is 0 Å². The van der Waals surface area contributed by atoms with Gasteiger partial charge in [-0.15, -0.1) is 11.3 Å². The molecular weight excluding hydrogens is 307 g/mol. The fraction of sp³-hybridized carbons (Fsp3) is 0. The van der Waals surface area contributed by atoms with E-state index in [9.17, 15) is 9.18 Å². The van der Waals surface area contributed by atoms with Gasteiger partial charge in [0.2, 0.25) is 0 Å². The second-order valence-corrected chi connectivity index (χ2v) is 5.51. The molecule has 0 spiro atoms. The molecule has 7 heteroatoms. The van der Waals surface area contributed by atoms with Gasteiger partial charge in [0.15, 0.2) is 4.77 Å². The van der Waals surface area contributed by atoms with Gasteiger partial charge in [0, 0.05) is 0 Å². The summed E-state index contributed by atoms with van der Waals surface area (Å²) >= 11 is 12.4. The summed E-state index contributed by atoms with van der Waals surface area (Å²) < 4.78 is 15.6. The smallest absolute Gasteiger partial charge is 0.276 e. The van der Waals surface area contributed by atoms with E-state index in [0.29, 0.717) is 10.2 Å². The number of benzene rings is 1. The zero-order chi connectivity index (χ0) is 13.6. The van der Waals surface area contributed by atoms with Gasteiger partial charge < -0.3 is 4.98 Å². The van der Waals surface area contributed by atoms with Crippen LogP contribution in [-0.2, 0) is 0 Å². The molecule has 0 aliphatic heterocycles. The molecular formula is C12H6ClFN2OS2. The van der Waals surface area contributed by atoms with E-state index in [1.807, 2.05) is 0 Å². The minimum absolute atomic E-state index is 0.0225. The molecule has 0 aliphatic rings. The van der Waals surface area contributed by atoms with Crippen LogP contribution in [0.2, 0.25) is 5.02 Å². The van der Waals surface area contributed by atoms with E-state index in [1.54, 1.807) is 11.4 Å². The van der Waals surface area contributed by atoms with Gasteiger partial charge in [-0.1, -0.05) is 17.7 Å². The van der Waals surface area contributed by atoms with Crippen molar-refractivity contribution in [3.63, 3.8) is 0 Å². The van der Waals surface area contributed by atoms with E-state index in [4.69, 9.17) is 23.8 Å². The number of hydrogen-bond acceptors (Lipinski definition) is 3. The summed E-state index contributed by atoms with van der Waals surface area (Å²) in [6, 6.07) is 5.98. The fourth-order valence-corrected chi connectivity index (χ4v) is 3.15. The van der Waals surface area contributed by atoms with E-state index in [2.05, 4.69) is 4.98 Å². The Labute approximate surface area is 120 Å². The number of aromatic nitrogens is 2. The molecule has 3 nitrogen and oxygen atoms in total. The molecule has 19 heavy (non-hydrogen) atoms. The molecule has 2 heterocycles. The molecule has 96 valence electrons. The second kappa shape index (κ2) is 4.56. The summed E-state index contributed by atoms with van der Waals surface area (Å²) in [5, 5.41) is 1.91. The van der Waals surface area contributed by atoms with Gasteiger partial charge in [0.25, 0.3) is 5.56 Å². The van der Waals surface area contributed by atoms with Crippen LogP contribution in [0, 0.1) is 10.6 Å². The number of hydrogen-bond donors (Lipinski definition) is 1. The Morgan fingerprint density at radius 2 is 2.16 bits per heavy atom. The predicted molar refractivity (Wildman–Crippen MR) is 77.6 cm³/mol.